The fourth-order valence-electron chi connectivity index (χ4n) is 2.69. The predicted molar refractivity (Wildman–Crippen MR) is 71.6 cm³/mol. The van der Waals surface area contributed by atoms with Crippen LogP contribution in [-0.2, 0) is 4.79 Å². The van der Waals surface area contributed by atoms with Crippen molar-refractivity contribution in [2.24, 2.45) is 17.6 Å². The number of carbonyl (C=O) groups excluding carboxylic acids is 1. The second kappa shape index (κ2) is 7.70. The van der Waals surface area contributed by atoms with Gasteiger partial charge >= 0.3 is 0 Å². The molecule has 2 unspecified atom stereocenters. The van der Waals surface area contributed by atoms with Gasteiger partial charge in [-0.15, -0.1) is 0 Å². The minimum Gasteiger partial charge on any atom is -0.356 e. The standard InChI is InChI=1S/C14H28N2O/c1-3-11(4-2)10-16-14(17)9-12-6-5-7-13(15)8-12/h11-13H,3-10,15H2,1-2H3,(H,16,17). The van der Waals surface area contributed by atoms with E-state index < -0.39 is 0 Å². The number of nitrogens with one attached hydrogen (secondary N) is 1. The molecular formula is C14H28N2O. The van der Waals surface area contributed by atoms with Gasteiger partial charge in [0.2, 0.25) is 5.91 Å². The van der Waals surface area contributed by atoms with Crippen molar-refractivity contribution in [2.75, 3.05) is 6.54 Å². The molecule has 0 aliphatic heterocycles. The smallest absolute Gasteiger partial charge is 0.220 e. The van der Waals surface area contributed by atoms with Crippen LogP contribution in [0.3, 0.4) is 0 Å². The van der Waals surface area contributed by atoms with Crippen molar-refractivity contribution in [1.29, 1.82) is 0 Å². The highest BCUT2D eigenvalue weighted by Crippen LogP contribution is 2.25. The molecule has 100 valence electrons. The van der Waals surface area contributed by atoms with Gasteiger partial charge in [0, 0.05) is 19.0 Å². The number of carbonyl (C=O) groups is 1. The van der Waals surface area contributed by atoms with Crippen LogP contribution in [0.1, 0.15) is 58.8 Å². The van der Waals surface area contributed by atoms with Gasteiger partial charge in [0.25, 0.3) is 0 Å². The first-order chi connectivity index (χ1) is 8.15. The quantitative estimate of drug-likeness (QED) is 0.749. The Morgan fingerprint density at radius 1 is 1.35 bits per heavy atom. The largest absolute Gasteiger partial charge is 0.356 e. The van der Waals surface area contributed by atoms with Crippen LogP contribution < -0.4 is 11.1 Å². The third-order valence-corrected chi connectivity index (χ3v) is 4.04. The van der Waals surface area contributed by atoms with Crippen LogP contribution in [0, 0.1) is 11.8 Å². The van der Waals surface area contributed by atoms with E-state index in [2.05, 4.69) is 19.2 Å². The minimum atomic E-state index is 0.219. The van der Waals surface area contributed by atoms with Gasteiger partial charge in [0.1, 0.15) is 0 Å². The molecule has 0 bridgehead atoms. The summed E-state index contributed by atoms with van der Waals surface area (Å²) in [6.07, 6.45) is 7.48. The Bertz CT molecular complexity index is 226. The van der Waals surface area contributed by atoms with Gasteiger partial charge in [0.05, 0.1) is 0 Å². The monoisotopic (exact) mass is 240 g/mol. The van der Waals surface area contributed by atoms with Crippen molar-refractivity contribution in [2.45, 2.75) is 64.8 Å². The Morgan fingerprint density at radius 2 is 2.06 bits per heavy atom. The SMILES string of the molecule is CCC(CC)CNC(=O)CC1CCCC(N)C1. The van der Waals surface area contributed by atoms with E-state index in [1.807, 2.05) is 0 Å². The van der Waals surface area contributed by atoms with Crippen molar-refractivity contribution in [3.8, 4) is 0 Å². The molecule has 17 heavy (non-hydrogen) atoms. The normalized spacial score (nSPS) is 24.9. The van der Waals surface area contributed by atoms with Gasteiger partial charge in [-0.05, 0) is 31.1 Å². The van der Waals surface area contributed by atoms with Crippen LogP contribution in [0.4, 0.5) is 0 Å². The zero-order valence-electron chi connectivity index (χ0n) is 11.4. The van der Waals surface area contributed by atoms with E-state index in [1.54, 1.807) is 0 Å². The van der Waals surface area contributed by atoms with Crippen LogP contribution in [0.15, 0.2) is 0 Å². The van der Waals surface area contributed by atoms with Crippen LogP contribution in [0.2, 0.25) is 0 Å². The molecule has 3 heteroatoms. The molecule has 1 rings (SSSR count). The number of nitrogens with two attached hydrogens (primary N) is 1. The summed E-state index contributed by atoms with van der Waals surface area (Å²) in [4.78, 5) is 11.8. The highest BCUT2D eigenvalue weighted by atomic mass is 16.1. The fourth-order valence-corrected chi connectivity index (χ4v) is 2.69. The second-order valence-corrected chi connectivity index (χ2v) is 5.48. The molecule has 3 N–H and O–H groups in total. The van der Waals surface area contributed by atoms with Crippen LogP contribution in [0.25, 0.3) is 0 Å². The summed E-state index contributed by atoms with van der Waals surface area (Å²) in [5.74, 6) is 1.36. The predicted octanol–water partition coefficient (Wildman–Crippen LogP) is 2.45. The molecule has 2 atom stereocenters. The average molecular weight is 240 g/mol. The molecule has 0 aromatic heterocycles. The lowest BCUT2D eigenvalue weighted by atomic mass is 9.84. The summed E-state index contributed by atoms with van der Waals surface area (Å²) in [6.45, 7) is 5.20. The number of rotatable bonds is 6. The first kappa shape index (κ1) is 14.5. The van der Waals surface area contributed by atoms with Crippen molar-refractivity contribution in [1.82, 2.24) is 5.32 Å². The first-order valence-electron chi connectivity index (χ1n) is 7.17. The molecule has 1 aliphatic carbocycles. The van der Waals surface area contributed by atoms with E-state index in [4.69, 9.17) is 5.73 Å². The number of hydrogen-bond acceptors (Lipinski definition) is 2. The van der Waals surface area contributed by atoms with E-state index in [1.165, 1.54) is 12.8 Å². The summed E-state index contributed by atoms with van der Waals surface area (Å²) in [5.41, 5.74) is 5.93. The lowest BCUT2D eigenvalue weighted by Crippen LogP contribution is -2.33. The number of hydrogen-bond donors (Lipinski definition) is 2. The molecule has 1 fully saturated rings. The summed E-state index contributed by atoms with van der Waals surface area (Å²) < 4.78 is 0. The highest BCUT2D eigenvalue weighted by molar-refractivity contribution is 5.76. The molecular weight excluding hydrogens is 212 g/mol. The maximum absolute atomic E-state index is 11.8. The van der Waals surface area contributed by atoms with E-state index in [0.29, 0.717) is 24.3 Å². The highest BCUT2D eigenvalue weighted by Gasteiger charge is 2.21. The van der Waals surface area contributed by atoms with Crippen molar-refractivity contribution in [3.05, 3.63) is 0 Å². The van der Waals surface area contributed by atoms with E-state index in [-0.39, 0.29) is 5.91 Å². The van der Waals surface area contributed by atoms with E-state index >= 15 is 0 Å². The Hall–Kier alpha value is -0.570. The lowest BCUT2D eigenvalue weighted by Gasteiger charge is -2.26. The summed E-state index contributed by atoms with van der Waals surface area (Å²) in [7, 11) is 0. The van der Waals surface area contributed by atoms with Gasteiger partial charge in [-0.3, -0.25) is 4.79 Å². The first-order valence-corrected chi connectivity index (χ1v) is 7.17. The average Bonchev–Trinajstić information content (AvgIpc) is 2.30. The summed E-state index contributed by atoms with van der Waals surface area (Å²) >= 11 is 0. The van der Waals surface area contributed by atoms with Gasteiger partial charge in [-0.2, -0.15) is 0 Å². The van der Waals surface area contributed by atoms with Gasteiger partial charge in [-0.25, -0.2) is 0 Å². The molecule has 0 aromatic rings. The van der Waals surface area contributed by atoms with Crippen LogP contribution in [0.5, 0.6) is 0 Å². The van der Waals surface area contributed by atoms with E-state index in [0.717, 1.165) is 32.2 Å². The Kier molecular flexibility index (Phi) is 6.56. The molecule has 0 saturated heterocycles. The molecule has 1 aliphatic rings. The zero-order valence-corrected chi connectivity index (χ0v) is 11.4. The minimum absolute atomic E-state index is 0.219. The molecule has 1 amide bonds. The van der Waals surface area contributed by atoms with Crippen LogP contribution >= 0.6 is 0 Å². The lowest BCUT2D eigenvalue weighted by molar-refractivity contribution is -0.122. The fraction of sp³-hybridized carbons (Fsp3) is 0.929. The Morgan fingerprint density at radius 3 is 2.65 bits per heavy atom. The molecule has 3 nitrogen and oxygen atoms in total. The Labute approximate surface area is 106 Å². The molecule has 0 spiro atoms. The summed E-state index contributed by atoms with van der Waals surface area (Å²) in [5, 5.41) is 3.07. The molecule has 0 radical (unpaired) electrons. The van der Waals surface area contributed by atoms with Crippen molar-refractivity contribution in [3.63, 3.8) is 0 Å². The molecule has 1 saturated carbocycles. The third kappa shape index (κ3) is 5.53. The third-order valence-electron chi connectivity index (χ3n) is 4.04. The van der Waals surface area contributed by atoms with Crippen molar-refractivity contribution < 1.29 is 4.79 Å². The van der Waals surface area contributed by atoms with E-state index in [9.17, 15) is 4.79 Å². The molecule has 0 heterocycles. The summed E-state index contributed by atoms with van der Waals surface area (Å²) in [6, 6.07) is 0.320. The topological polar surface area (TPSA) is 55.1 Å². The van der Waals surface area contributed by atoms with Crippen LogP contribution in [-0.4, -0.2) is 18.5 Å². The zero-order chi connectivity index (χ0) is 12.7. The van der Waals surface area contributed by atoms with Gasteiger partial charge in [0.15, 0.2) is 0 Å². The maximum Gasteiger partial charge on any atom is 0.220 e. The second-order valence-electron chi connectivity index (χ2n) is 5.48. The van der Waals surface area contributed by atoms with Gasteiger partial charge in [-0.1, -0.05) is 33.1 Å². The number of amides is 1. The molecule has 0 aromatic carbocycles. The van der Waals surface area contributed by atoms with Gasteiger partial charge < -0.3 is 11.1 Å². The maximum atomic E-state index is 11.8. The van der Waals surface area contributed by atoms with Crippen molar-refractivity contribution >= 4 is 5.91 Å². The Balaban J connectivity index is 2.19.